The SMILES string of the molecule is Cc1ccc(C)c(-c2c[nH]c3ccccc23)c1. The van der Waals surface area contributed by atoms with E-state index in [2.05, 4.69) is 67.5 Å². The van der Waals surface area contributed by atoms with Crippen molar-refractivity contribution in [2.45, 2.75) is 13.8 Å². The summed E-state index contributed by atoms with van der Waals surface area (Å²) in [5, 5.41) is 1.29. The Bertz CT molecular complexity index is 677. The Morgan fingerprint density at radius 3 is 2.59 bits per heavy atom. The standard InChI is InChI=1S/C16H15N/c1-11-7-8-12(2)14(9-11)15-10-17-16-6-4-3-5-13(15)16/h3-10,17H,1-2H3. The maximum atomic E-state index is 3.33. The average Bonchev–Trinajstić information content (AvgIpc) is 2.76. The molecule has 1 heteroatoms. The Morgan fingerprint density at radius 2 is 1.71 bits per heavy atom. The van der Waals surface area contributed by atoms with E-state index in [0.717, 1.165) is 0 Å². The van der Waals surface area contributed by atoms with Crippen LogP contribution in [0.4, 0.5) is 0 Å². The average molecular weight is 221 g/mol. The lowest BCUT2D eigenvalue weighted by molar-refractivity contribution is 1.39. The van der Waals surface area contributed by atoms with E-state index in [0.29, 0.717) is 0 Å². The molecule has 84 valence electrons. The zero-order valence-corrected chi connectivity index (χ0v) is 10.1. The first-order valence-corrected chi connectivity index (χ1v) is 5.89. The highest BCUT2D eigenvalue weighted by Crippen LogP contribution is 2.31. The highest BCUT2D eigenvalue weighted by Gasteiger charge is 2.07. The van der Waals surface area contributed by atoms with Crippen LogP contribution in [0.15, 0.2) is 48.7 Å². The number of H-pyrrole nitrogens is 1. The van der Waals surface area contributed by atoms with Crippen LogP contribution in [0.2, 0.25) is 0 Å². The summed E-state index contributed by atoms with van der Waals surface area (Å²) >= 11 is 0. The summed E-state index contributed by atoms with van der Waals surface area (Å²) in [7, 11) is 0. The minimum absolute atomic E-state index is 1.20. The first-order chi connectivity index (χ1) is 8.25. The highest BCUT2D eigenvalue weighted by molar-refractivity contribution is 5.96. The molecule has 0 unspecified atom stereocenters. The van der Waals surface area contributed by atoms with Gasteiger partial charge in [0.05, 0.1) is 0 Å². The molecule has 1 nitrogen and oxygen atoms in total. The number of para-hydroxylation sites is 1. The lowest BCUT2D eigenvalue weighted by Crippen LogP contribution is -1.83. The third-order valence-electron chi connectivity index (χ3n) is 3.27. The van der Waals surface area contributed by atoms with Crippen molar-refractivity contribution in [1.29, 1.82) is 0 Å². The number of aromatic amines is 1. The topological polar surface area (TPSA) is 15.8 Å². The number of rotatable bonds is 1. The normalized spacial score (nSPS) is 10.9. The van der Waals surface area contributed by atoms with Crippen LogP contribution in [0.1, 0.15) is 11.1 Å². The van der Waals surface area contributed by atoms with Crippen LogP contribution in [0.3, 0.4) is 0 Å². The van der Waals surface area contributed by atoms with E-state index in [1.807, 2.05) is 0 Å². The van der Waals surface area contributed by atoms with Gasteiger partial charge >= 0.3 is 0 Å². The Labute approximate surface area is 101 Å². The molecule has 1 N–H and O–H groups in total. The third kappa shape index (κ3) is 1.64. The molecule has 3 aromatic rings. The van der Waals surface area contributed by atoms with Gasteiger partial charge in [0.2, 0.25) is 0 Å². The number of aryl methyl sites for hydroxylation is 2. The van der Waals surface area contributed by atoms with Gasteiger partial charge in [0.25, 0.3) is 0 Å². The number of nitrogens with one attached hydrogen (secondary N) is 1. The molecule has 0 saturated carbocycles. The van der Waals surface area contributed by atoms with Crippen LogP contribution in [-0.2, 0) is 0 Å². The predicted octanol–water partition coefficient (Wildman–Crippen LogP) is 4.45. The van der Waals surface area contributed by atoms with Gasteiger partial charge in [-0.3, -0.25) is 0 Å². The molecule has 0 bridgehead atoms. The van der Waals surface area contributed by atoms with Gasteiger partial charge < -0.3 is 4.98 Å². The van der Waals surface area contributed by atoms with E-state index in [4.69, 9.17) is 0 Å². The van der Waals surface area contributed by atoms with Gasteiger partial charge in [-0.1, -0.05) is 42.0 Å². The van der Waals surface area contributed by atoms with Crippen LogP contribution in [0.5, 0.6) is 0 Å². The quantitative estimate of drug-likeness (QED) is 0.624. The van der Waals surface area contributed by atoms with E-state index in [-0.39, 0.29) is 0 Å². The summed E-state index contributed by atoms with van der Waals surface area (Å²) in [4.78, 5) is 3.33. The first kappa shape index (κ1) is 10.2. The number of benzene rings is 2. The number of fused-ring (bicyclic) bond motifs is 1. The van der Waals surface area contributed by atoms with E-state index >= 15 is 0 Å². The zero-order valence-electron chi connectivity index (χ0n) is 10.1. The van der Waals surface area contributed by atoms with Crippen LogP contribution in [0, 0.1) is 13.8 Å². The molecule has 0 spiro atoms. The van der Waals surface area contributed by atoms with Crippen molar-refractivity contribution in [3.05, 3.63) is 59.8 Å². The molecule has 0 aliphatic carbocycles. The molecule has 3 rings (SSSR count). The van der Waals surface area contributed by atoms with Crippen molar-refractivity contribution < 1.29 is 0 Å². The second-order valence-electron chi connectivity index (χ2n) is 4.57. The van der Waals surface area contributed by atoms with Gasteiger partial charge in [0.15, 0.2) is 0 Å². The molecule has 1 heterocycles. The van der Waals surface area contributed by atoms with Crippen LogP contribution < -0.4 is 0 Å². The molecule has 0 fully saturated rings. The second kappa shape index (κ2) is 3.77. The monoisotopic (exact) mass is 221 g/mol. The molecule has 0 radical (unpaired) electrons. The third-order valence-corrected chi connectivity index (χ3v) is 3.27. The molecule has 17 heavy (non-hydrogen) atoms. The smallest absolute Gasteiger partial charge is 0.0460 e. The van der Waals surface area contributed by atoms with Crippen molar-refractivity contribution in [3.63, 3.8) is 0 Å². The molecule has 2 aromatic carbocycles. The molecule has 1 aromatic heterocycles. The van der Waals surface area contributed by atoms with Crippen molar-refractivity contribution in [3.8, 4) is 11.1 Å². The van der Waals surface area contributed by atoms with Crippen LogP contribution >= 0.6 is 0 Å². The largest absolute Gasteiger partial charge is 0.361 e. The Balaban J connectivity index is 2.31. The molecular weight excluding hydrogens is 206 g/mol. The fourth-order valence-corrected chi connectivity index (χ4v) is 2.32. The highest BCUT2D eigenvalue weighted by atomic mass is 14.7. The van der Waals surface area contributed by atoms with Gasteiger partial charge in [-0.15, -0.1) is 0 Å². The summed E-state index contributed by atoms with van der Waals surface area (Å²) in [6.07, 6.45) is 2.10. The maximum Gasteiger partial charge on any atom is 0.0460 e. The summed E-state index contributed by atoms with van der Waals surface area (Å²) in [6.45, 7) is 4.30. The van der Waals surface area contributed by atoms with Crippen LogP contribution in [-0.4, -0.2) is 4.98 Å². The first-order valence-electron chi connectivity index (χ1n) is 5.89. The van der Waals surface area contributed by atoms with E-state index < -0.39 is 0 Å². The van der Waals surface area contributed by atoms with E-state index in [1.54, 1.807) is 0 Å². The fraction of sp³-hybridized carbons (Fsp3) is 0.125. The lowest BCUT2D eigenvalue weighted by atomic mass is 9.98. The van der Waals surface area contributed by atoms with Gasteiger partial charge in [-0.05, 0) is 31.0 Å². The van der Waals surface area contributed by atoms with Crippen molar-refractivity contribution in [2.24, 2.45) is 0 Å². The number of hydrogen-bond donors (Lipinski definition) is 1. The van der Waals surface area contributed by atoms with E-state index in [1.165, 1.54) is 33.2 Å². The molecule has 0 amide bonds. The Morgan fingerprint density at radius 1 is 0.882 bits per heavy atom. The summed E-state index contributed by atoms with van der Waals surface area (Å²) in [6, 6.07) is 15.0. The summed E-state index contributed by atoms with van der Waals surface area (Å²) in [5.74, 6) is 0. The van der Waals surface area contributed by atoms with Crippen molar-refractivity contribution in [2.75, 3.05) is 0 Å². The summed E-state index contributed by atoms with van der Waals surface area (Å²) in [5.41, 5.74) is 6.43. The summed E-state index contributed by atoms with van der Waals surface area (Å²) < 4.78 is 0. The van der Waals surface area contributed by atoms with Crippen molar-refractivity contribution in [1.82, 2.24) is 4.98 Å². The Kier molecular flexibility index (Phi) is 2.25. The molecule has 0 aliphatic rings. The number of aromatic nitrogens is 1. The second-order valence-corrected chi connectivity index (χ2v) is 4.57. The fourth-order valence-electron chi connectivity index (χ4n) is 2.32. The number of hydrogen-bond acceptors (Lipinski definition) is 0. The van der Waals surface area contributed by atoms with E-state index in [9.17, 15) is 0 Å². The van der Waals surface area contributed by atoms with Gasteiger partial charge in [0.1, 0.15) is 0 Å². The van der Waals surface area contributed by atoms with Gasteiger partial charge in [-0.25, -0.2) is 0 Å². The van der Waals surface area contributed by atoms with Gasteiger partial charge in [0, 0.05) is 22.7 Å². The predicted molar refractivity (Wildman–Crippen MR) is 73.2 cm³/mol. The minimum atomic E-state index is 1.20. The van der Waals surface area contributed by atoms with Crippen LogP contribution in [0.25, 0.3) is 22.0 Å². The van der Waals surface area contributed by atoms with Gasteiger partial charge in [-0.2, -0.15) is 0 Å². The van der Waals surface area contributed by atoms with Crippen molar-refractivity contribution >= 4 is 10.9 Å². The maximum absolute atomic E-state index is 3.33. The molecular formula is C16H15N. The molecule has 0 aliphatic heterocycles. The lowest BCUT2D eigenvalue weighted by Gasteiger charge is -2.06. The zero-order chi connectivity index (χ0) is 11.8. The Hall–Kier alpha value is -2.02. The minimum Gasteiger partial charge on any atom is -0.361 e. The molecule has 0 atom stereocenters. The molecule has 0 saturated heterocycles.